The van der Waals surface area contributed by atoms with E-state index in [9.17, 15) is 4.79 Å². The van der Waals surface area contributed by atoms with Gasteiger partial charge < -0.3 is 27.8 Å². The second-order valence-corrected chi connectivity index (χ2v) is 5.77. The van der Waals surface area contributed by atoms with Crippen molar-refractivity contribution >= 4 is 28.7 Å². The first-order valence-electron chi connectivity index (χ1n) is 8.05. The molecule has 2 aromatic carbocycles. The van der Waals surface area contributed by atoms with Gasteiger partial charge >= 0.3 is 0 Å². The quantitative estimate of drug-likeness (QED) is 0.358. The van der Waals surface area contributed by atoms with E-state index in [-0.39, 0.29) is 11.9 Å². The third-order valence-corrected chi connectivity index (χ3v) is 3.75. The molecule has 0 aliphatic rings. The first-order valence-corrected chi connectivity index (χ1v) is 8.05. The van der Waals surface area contributed by atoms with Crippen LogP contribution in [-0.4, -0.2) is 18.5 Å². The van der Waals surface area contributed by atoms with Crippen molar-refractivity contribution < 1.29 is 4.79 Å². The summed E-state index contributed by atoms with van der Waals surface area (Å²) in [6.07, 6.45) is 2.51. The number of nitrogen functional groups attached to an aromatic ring is 2. The number of rotatable bonds is 9. The monoisotopic (exact) mass is 327 g/mol. The summed E-state index contributed by atoms with van der Waals surface area (Å²) in [7, 11) is 0. The maximum atomic E-state index is 11.6. The van der Waals surface area contributed by atoms with Gasteiger partial charge in [0.2, 0.25) is 5.91 Å². The van der Waals surface area contributed by atoms with Crippen LogP contribution in [-0.2, 0) is 4.79 Å². The van der Waals surface area contributed by atoms with Crippen molar-refractivity contribution in [2.24, 2.45) is 5.73 Å². The van der Waals surface area contributed by atoms with E-state index in [2.05, 4.69) is 10.6 Å². The van der Waals surface area contributed by atoms with E-state index in [4.69, 9.17) is 17.2 Å². The average molecular weight is 327 g/mol. The number of nitrogens with one attached hydrogen (secondary N) is 2. The summed E-state index contributed by atoms with van der Waals surface area (Å²) in [4.78, 5) is 11.6. The molecule has 0 aromatic heterocycles. The van der Waals surface area contributed by atoms with Crippen LogP contribution in [0.15, 0.2) is 48.5 Å². The van der Waals surface area contributed by atoms with Crippen molar-refractivity contribution in [3.05, 3.63) is 48.5 Å². The van der Waals surface area contributed by atoms with Crippen LogP contribution in [0.5, 0.6) is 0 Å². The van der Waals surface area contributed by atoms with Crippen molar-refractivity contribution in [2.45, 2.75) is 25.3 Å². The van der Waals surface area contributed by atoms with Gasteiger partial charge in [0.25, 0.3) is 0 Å². The number of carbonyl (C=O) groups is 1. The van der Waals surface area contributed by atoms with E-state index in [1.807, 2.05) is 36.4 Å². The third-order valence-electron chi connectivity index (χ3n) is 3.75. The van der Waals surface area contributed by atoms with Gasteiger partial charge in [-0.2, -0.15) is 0 Å². The fourth-order valence-corrected chi connectivity index (χ4v) is 2.37. The standard InChI is InChI=1S/C18H25N5O/c19-13-4-8-15(9-5-13)22-12-2-1-3-17(18(21)24)23-16-10-6-14(20)7-11-16/h4-11,17,22-23H,1-3,12,19-20H2,(H2,21,24). The Bertz CT molecular complexity index is 639. The molecule has 0 saturated heterocycles. The number of hydrogen-bond acceptors (Lipinski definition) is 5. The number of nitrogens with two attached hydrogens (primary N) is 3. The van der Waals surface area contributed by atoms with E-state index in [0.29, 0.717) is 12.1 Å². The van der Waals surface area contributed by atoms with Crippen LogP contribution >= 0.6 is 0 Å². The number of anilines is 4. The van der Waals surface area contributed by atoms with Gasteiger partial charge in [-0.05, 0) is 67.8 Å². The Hall–Kier alpha value is -2.89. The zero-order chi connectivity index (χ0) is 17.4. The normalized spacial score (nSPS) is 11.7. The molecule has 0 heterocycles. The van der Waals surface area contributed by atoms with Crippen LogP contribution in [0.2, 0.25) is 0 Å². The molecule has 6 nitrogen and oxygen atoms in total. The first kappa shape index (κ1) is 17.5. The van der Waals surface area contributed by atoms with Gasteiger partial charge in [-0.1, -0.05) is 0 Å². The Kier molecular flexibility index (Phi) is 6.31. The van der Waals surface area contributed by atoms with Crippen LogP contribution in [0.3, 0.4) is 0 Å². The summed E-state index contributed by atoms with van der Waals surface area (Å²) < 4.78 is 0. The minimum Gasteiger partial charge on any atom is -0.399 e. The molecule has 0 bridgehead atoms. The number of unbranched alkanes of at least 4 members (excludes halogenated alkanes) is 1. The number of carbonyl (C=O) groups excluding carboxylic acids is 1. The van der Waals surface area contributed by atoms with Gasteiger partial charge in [0.15, 0.2) is 0 Å². The SMILES string of the molecule is NC(=O)C(CCCCNc1ccc(N)cc1)Nc1ccc(N)cc1. The zero-order valence-corrected chi connectivity index (χ0v) is 13.7. The lowest BCUT2D eigenvalue weighted by Gasteiger charge is -2.17. The summed E-state index contributed by atoms with van der Waals surface area (Å²) in [5.41, 5.74) is 20.1. The van der Waals surface area contributed by atoms with E-state index in [0.717, 1.165) is 36.4 Å². The van der Waals surface area contributed by atoms with E-state index in [1.54, 1.807) is 12.1 Å². The molecule has 1 unspecified atom stereocenters. The zero-order valence-electron chi connectivity index (χ0n) is 13.7. The highest BCUT2D eigenvalue weighted by atomic mass is 16.1. The largest absolute Gasteiger partial charge is 0.399 e. The molecule has 1 atom stereocenters. The molecular formula is C18H25N5O. The highest BCUT2D eigenvalue weighted by Gasteiger charge is 2.14. The lowest BCUT2D eigenvalue weighted by Crippen LogP contribution is -2.35. The highest BCUT2D eigenvalue weighted by molar-refractivity contribution is 5.83. The van der Waals surface area contributed by atoms with Crippen LogP contribution in [0.4, 0.5) is 22.7 Å². The average Bonchev–Trinajstić information content (AvgIpc) is 2.57. The summed E-state index contributed by atoms with van der Waals surface area (Å²) in [6, 6.07) is 14.5. The van der Waals surface area contributed by atoms with Crippen molar-refractivity contribution in [1.82, 2.24) is 0 Å². The second kappa shape index (κ2) is 8.67. The molecular weight excluding hydrogens is 302 g/mol. The maximum Gasteiger partial charge on any atom is 0.239 e. The van der Waals surface area contributed by atoms with Crippen LogP contribution < -0.4 is 27.8 Å². The summed E-state index contributed by atoms with van der Waals surface area (Å²) in [5.74, 6) is -0.349. The number of amides is 1. The fourth-order valence-electron chi connectivity index (χ4n) is 2.37. The van der Waals surface area contributed by atoms with Crippen molar-refractivity contribution in [1.29, 1.82) is 0 Å². The van der Waals surface area contributed by atoms with Crippen molar-refractivity contribution in [3.63, 3.8) is 0 Å². The third kappa shape index (κ3) is 5.72. The van der Waals surface area contributed by atoms with E-state index < -0.39 is 0 Å². The topological polar surface area (TPSA) is 119 Å². The Labute approximate surface area is 142 Å². The molecule has 24 heavy (non-hydrogen) atoms. The van der Waals surface area contributed by atoms with Gasteiger partial charge in [-0.15, -0.1) is 0 Å². The van der Waals surface area contributed by atoms with Crippen LogP contribution in [0, 0.1) is 0 Å². The van der Waals surface area contributed by atoms with Crippen molar-refractivity contribution in [2.75, 3.05) is 28.6 Å². The summed E-state index contributed by atoms with van der Waals surface area (Å²) in [5, 5.41) is 6.48. The highest BCUT2D eigenvalue weighted by Crippen LogP contribution is 2.14. The van der Waals surface area contributed by atoms with Crippen LogP contribution in [0.1, 0.15) is 19.3 Å². The molecule has 0 aliphatic carbocycles. The Morgan fingerprint density at radius 3 is 1.96 bits per heavy atom. The molecule has 0 aliphatic heterocycles. The lowest BCUT2D eigenvalue weighted by atomic mass is 10.1. The molecule has 0 radical (unpaired) electrons. The predicted octanol–water partition coefficient (Wildman–Crippen LogP) is 2.40. The maximum absolute atomic E-state index is 11.6. The van der Waals surface area contributed by atoms with Crippen LogP contribution in [0.25, 0.3) is 0 Å². The van der Waals surface area contributed by atoms with Gasteiger partial charge in [-0.25, -0.2) is 0 Å². The minimum absolute atomic E-state index is 0.349. The van der Waals surface area contributed by atoms with Gasteiger partial charge in [-0.3, -0.25) is 4.79 Å². The Morgan fingerprint density at radius 1 is 0.875 bits per heavy atom. The second-order valence-electron chi connectivity index (χ2n) is 5.77. The van der Waals surface area contributed by atoms with E-state index >= 15 is 0 Å². The smallest absolute Gasteiger partial charge is 0.239 e. The molecule has 128 valence electrons. The fraction of sp³-hybridized carbons (Fsp3) is 0.278. The number of primary amides is 1. The Morgan fingerprint density at radius 2 is 1.42 bits per heavy atom. The molecule has 0 spiro atoms. The van der Waals surface area contributed by atoms with E-state index in [1.165, 1.54) is 0 Å². The molecule has 1 amide bonds. The minimum atomic E-state index is -0.384. The molecule has 8 N–H and O–H groups in total. The molecule has 2 rings (SSSR count). The predicted molar refractivity (Wildman–Crippen MR) is 101 cm³/mol. The number of benzene rings is 2. The van der Waals surface area contributed by atoms with Gasteiger partial charge in [0.1, 0.15) is 6.04 Å². The molecule has 6 heteroatoms. The first-order chi connectivity index (χ1) is 11.5. The molecule has 0 fully saturated rings. The Balaban J connectivity index is 1.72. The molecule has 0 saturated carbocycles. The lowest BCUT2D eigenvalue weighted by molar-refractivity contribution is -0.118. The molecule has 2 aromatic rings. The summed E-state index contributed by atoms with van der Waals surface area (Å²) in [6.45, 7) is 0.831. The number of hydrogen-bond donors (Lipinski definition) is 5. The van der Waals surface area contributed by atoms with Crippen molar-refractivity contribution in [3.8, 4) is 0 Å². The van der Waals surface area contributed by atoms with Gasteiger partial charge in [0.05, 0.1) is 0 Å². The summed E-state index contributed by atoms with van der Waals surface area (Å²) >= 11 is 0. The van der Waals surface area contributed by atoms with Gasteiger partial charge in [0, 0.05) is 29.3 Å².